The van der Waals surface area contributed by atoms with Crippen LogP contribution < -0.4 is 0 Å². The van der Waals surface area contributed by atoms with Crippen molar-refractivity contribution in [1.29, 1.82) is 0 Å². The van der Waals surface area contributed by atoms with Gasteiger partial charge in [0.15, 0.2) is 0 Å². The Balaban J connectivity index is 2.12. The number of hydrogen-bond acceptors (Lipinski definition) is 1. The monoisotopic (exact) mass is 261 g/mol. The van der Waals surface area contributed by atoms with Gasteiger partial charge in [0.1, 0.15) is 0 Å². The van der Waals surface area contributed by atoms with Gasteiger partial charge in [-0.2, -0.15) is 0 Å². The standard InChI is InChI=1S/C13H12BrN/c14-13-9-5-2-6-10-15(13)11-12-7-3-1-4-8-12/h1-10H,11H2. The summed E-state index contributed by atoms with van der Waals surface area (Å²) in [6.45, 7) is 0.885. The second-order valence-corrected chi connectivity index (χ2v) is 4.14. The van der Waals surface area contributed by atoms with Crippen LogP contribution in [0.4, 0.5) is 0 Å². The van der Waals surface area contributed by atoms with Gasteiger partial charge in [0.05, 0.1) is 4.61 Å². The highest BCUT2D eigenvalue weighted by Crippen LogP contribution is 2.18. The van der Waals surface area contributed by atoms with Gasteiger partial charge in [-0.15, -0.1) is 0 Å². The van der Waals surface area contributed by atoms with E-state index in [1.165, 1.54) is 5.56 Å². The van der Waals surface area contributed by atoms with Crippen molar-refractivity contribution in [2.24, 2.45) is 0 Å². The highest BCUT2D eigenvalue weighted by Gasteiger charge is 2.04. The molecule has 0 saturated heterocycles. The maximum Gasteiger partial charge on any atom is 0.0848 e. The summed E-state index contributed by atoms with van der Waals surface area (Å²) in [6, 6.07) is 10.4. The molecule has 0 radical (unpaired) electrons. The molecule has 0 aromatic heterocycles. The number of halogens is 1. The lowest BCUT2D eigenvalue weighted by Gasteiger charge is -2.18. The Morgan fingerprint density at radius 3 is 2.60 bits per heavy atom. The van der Waals surface area contributed by atoms with Crippen molar-refractivity contribution in [2.45, 2.75) is 6.54 Å². The van der Waals surface area contributed by atoms with Gasteiger partial charge in [-0.25, -0.2) is 0 Å². The molecule has 1 nitrogen and oxygen atoms in total. The molecule has 1 aromatic carbocycles. The van der Waals surface area contributed by atoms with E-state index in [9.17, 15) is 0 Å². The minimum absolute atomic E-state index is 0.885. The molecule has 0 atom stereocenters. The minimum atomic E-state index is 0.885. The number of nitrogens with zero attached hydrogens (tertiary/aromatic N) is 1. The van der Waals surface area contributed by atoms with Crippen molar-refractivity contribution in [3.8, 4) is 0 Å². The van der Waals surface area contributed by atoms with Crippen LogP contribution in [0.5, 0.6) is 0 Å². The van der Waals surface area contributed by atoms with Crippen LogP contribution in [0.25, 0.3) is 0 Å². The summed E-state index contributed by atoms with van der Waals surface area (Å²) in [5.41, 5.74) is 1.30. The molecule has 0 bridgehead atoms. The maximum absolute atomic E-state index is 3.55. The Morgan fingerprint density at radius 1 is 1.00 bits per heavy atom. The Kier molecular flexibility index (Phi) is 3.41. The predicted molar refractivity (Wildman–Crippen MR) is 67.3 cm³/mol. The molecule has 0 N–H and O–H groups in total. The molecular weight excluding hydrogens is 250 g/mol. The Bertz CT molecular complexity index is 404. The van der Waals surface area contributed by atoms with Crippen LogP contribution in [-0.4, -0.2) is 4.90 Å². The molecule has 0 fully saturated rings. The lowest BCUT2D eigenvalue weighted by atomic mass is 10.2. The average molecular weight is 262 g/mol. The molecule has 2 rings (SSSR count). The SMILES string of the molecule is BrC1=CC=CC=CN1Cc1ccccc1. The van der Waals surface area contributed by atoms with Crippen LogP contribution in [0.1, 0.15) is 5.56 Å². The molecule has 0 aliphatic carbocycles. The van der Waals surface area contributed by atoms with Crippen LogP contribution in [0.3, 0.4) is 0 Å². The fraction of sp³-hybridized carbons (Fsp3) is 0.0769. The van der Waals surface area contributed by atoms with Gasteiger partial charge in [-0.1, -0.05) is 42.5 Å². The molecule has 1 aromatic rings. The fourth-order valence-electron chi connectivity index (χ4n) is 1.43. The number of rotatable bonds is 2. The normalized spacial score (nSPS) is 15.0. The third-order valence-corrected chi connectivity index (χ3v) is 2.91. The lowest BCUT2D eigenvalue weighted by Crippen LogP contribution is -2.12. The van der Waals surface area contributed by atoms with Crippen LogP contribution in [0.15, 0.2) is 65.4 Å². The molecule has 1 heterocycles. The predicted octanol–water partition coefficient (Wildman–Crippen LogP) is 3.81. The van der Waals surface area contributed by atoms with Crippen LogP contribution >= 0.6 is 15.9 Å². The second-order valence-electron chi connectivity index (χ2n) is 3.33. The van der Waals surface area contributed by atoms with E-state index in [2.05, 4.69) is 51.3 Å². The van der Waals surface area contributed by atoms with E-state index >= 15 is 0 Å². The molecule has 0 saturated carbocycles. The highest BCUT2D eigenvalue weighted by molar-refractivity contribution is 9.11. The first-order valence-corrected chi connectivity index (χ1v) is 5.67. The summed E-state index contributed by atoms with van der Waals surface area (Å²) in [6.07, 6.45) is 10.2. The lowest BCUT2D eigenvalue weighted by molar-refractivity contribution is 0.493. The van der Waals surface area contributed by atoms with Gasteiger partial charge in [0.25, 0.3) is 0 Å². The quantitative estimate of drug-likeness (QED) is 0.732. The topological polar surface area (TPSA) is 3.24 Å². The summed E-state index contributed by atoms with van der Waals surface area (Å²) < 4.78 is 1.08. The highest BCUT2D eigenvalue weighted by atomic mass is 79.9. The smallest absolute Gasteiger partial charge is 0.0848 e. The average Bonchev–Trinajstić information content (AvgIpc) is 2.46. The molecule has 0 spiro atoms. The summed E-state index contributed by atoms with van der Waals surface area (Å²) in [7, 11) is 0. The number of hydrogen-bond donors (Lipinski definition) is 0. The van der Waals surface area contributed by atoms with Crippen molar-refractivity contribution in [1.82, 2.24) is 4.90 Å². The van der Waals surface area contributed by atoms with E-state index in [1.54, 1.807) is 0 Å². The number of allylic oxidation sites excluding steroid dienone is 4. The third-order valence-electron chi connectivity index (χ3n) is 2.19. The van der Waals surface area contributed by atoms with Crippen molar-refractivity contribution in [2.75, 3.05) is 0 Å². The Labute approximate surface area is 98.5 Å². The molecule has 0 unspecified atom stereocenters. The van der Waals surface area contributed by atoms with Crippen molar-refractivity contribution < 1.29 is 0 Å². The summed E-state index contributed by atoms with van der Waals surface area (Å²) in [5.74, 6) is 0. The van der Waals surface area contributed by atoms with Crippen LogP contribution in [0, 0.1) is 0 Å². The molecule has 1 aliphatic heterocycles. The molecular formula is C13H12BrN. The molecule has 1 aliphatic rings. The maximum atomic E-state index is 3.55. The number of benzene rings is 1. The van der Waals surface area contributed by atoms with Crippen molar-refractivity contribution >= 4 is 15.9 Å². The van der Waals surface area contributed by atoms with E-state index in [4.69, 9.17) is 0 Å². The minimum Gasteiger partial charge on any atom is -0.338 e. The van der Waals surface area contributed by atoms with E-state index in [-0.39, 0.29) is 0 Å². The largest absolute Gasteiger partial charge is 0.338 e. The van der Waals surface area contributed by atoms with E-state index in [0.717, 1.165) is 11.2 Å². The molecule has 76 valence electrons. The van der Waals surface area contributed by atoms with E-state index in [1.807, 2.05) is 30.4 Å². The Morgan fingerprint density at radius 2 is 1.80 bits per heavy atom. The zero-order valence-electron chi connectivity index (χ0n) is 8.31. The van der Waals surface area contributed by atoms with Crippen molar-refractivity contribution in [3.63, 3.8) is 0 Å². The first-order valence-electron chi connectivity index (χ1n) is 4.87. The molecule has 15 heavy (non-hydrogen) atoms. The van der Waals surface area contributed by atoms with Gasteiger partial charge in [-0.05, 0) is 33.6 Å². The van der Waals surface area contributed by atoms with Gasteiger partial charge in [-0.3, -0.25) is 0 Å². The van der Waals surface area contributed by atoms with Gasteiger partial charge >= 0.3 is 0 Å². The van der Waals surface area contributed by atoms with E-state index in [0.29, 0.717) is 0 Å². The molecule has 0 amide bonds. The van der Waals surface area contributed by atoms with Gasteiger partial charge in [0, 0.05) is 12.7 Å². The summed E-state index contributed by atoms with van der Waals surface area (Å²) in [5, 5.41) is 0. The zero-order chi connectivity index (χ0) is 10.5. The first-order chi connectivity index (χ1) is 7.36. The van der Waals surface area contributed by atoms with Crippen molar-refractivity contribution in [3.05, 3.63) is 71.0 Å². The summed E-state index contributed by atoms with van der Waals surface area (Å²) in [4.78, 5) is 2.16. The fourth-order valence-corrected chi connectivity index (χ4v) is 1.82. The van der Waals surface area contributed by atoms with Gasteiger partial charge < -0.3 is 4.90 Å². The Hall–Kier alpha value is -1.28. The van der Waals surface area contributed by atoms with E-state index < -0.39 is 0 Å². The van der Waals surface area contributed by atoms with Gasteiger partial charge in [0.2, 0.25) is 0 Å². The second kappa shape index (κ2) is 4.99. The third kappa shape index (κ3) is 2.83. The molecule has 2 heteroatoms. The van der Waals surface area contributed by atoms with Crippen LogP contribution in [0.2, 0.25) is 0 Å². The first kappa shape index (κ1) is 10.2. The summed E-state index contributed by atoms with van der Waals surface area (Å²) >= 11 is 3.55. The van der Waals surface area contributed by atoms with Crippen LogP contribution in [-0.2, 0) is 6.54 Å². The zero-order valence-corrected chi connectivity index (χ0v) is 9.89.